The van der Waals surface area contributed by atoms with E-state index < -0.39 is 0 Å². The predicted octanol–water partition coefficient (Wildman–Crippen LogP) is 5.49. The lowest BCUT2D eigenvalue weighted by Gasteiger charge is -2.30. The second-order valence-corrected chi connectivity index (χ2v) is 10.9. The summed E-state index contributed by atoms with van der Waals surface area (Å²) in [7, 11) is 0. The number of hydrogen-bond donors (Lipinski definition) is 2. The Hall–Kier alpha value is -2.93. The maximum atomic E-state index is 11.3. The SMILES string of the molecule is Cc1cc(N)c2c(n1)OC1(CC1)C(c1ccc(C3CCC(CCc4nsc(=O)[nH]4)CC3)cc1)=C2. The third-order valence-corrected chi connectivity index (χ3v) is 8.35. The van der Waals surface area contributed by atoms with E-state index in [0.717, 1.165) is 65.9 Å². The number of nitrogens with zero attached hydrogens (tertiary/aromatic N) is 2. The number of hydrogen-bond acceptors (Lipinski definition) is 6. The zero-order valence-electron chi connectivity index (χ0n) is 19.5. The van der Waals surface area contributed by atoms with Gasteiger partial charge in [0.15, 0.2) is 0 Å². The van der Waals surface area contributed by atoms with Crippen molar-refractivity contribution in [1.29, 1.82) is 0 Å². The van der Waals surface area contributed by atoms with Crippen molar-refractivity contribution in [3.8, 4) is 5.88 Å². The summed E-state index contributed by atoms with van der Waals surface area (Å²) >= 11 is 1.02. The topological polar surface area (TPSA) is 93.9 Å². The standard InChI is InChI=1S/C27H30N4O2S/c1-16-14-23(28)21-15-22(27(12-13-27)33-25(21)29-16)20-9-7-19(8-10-20)18-5-2-17(3-6-18)4-11-24-30-26(32)34-31-24/h7-10,14-15,17-18H,2-6,11-13H2,1H3,(H2,28,29)(H,30,31,32). The van der Waals surface area contributed by atoms with Crippen LogP contribution in [0.15, 0.2) is 35.1 Å². The Kier molecular flexibility index (Phi) is 5.32. The smallest absolute Gasteiger partial charge is 0.323 e. The Morgan fingerprint density at radius 2 is 1.94 bits per heavy atom. The van der Waals surface area contributed by atoms with Crippen molar-refractivity contribution >= 4 is 28.9 Å². The highest BCUT2D eigenvalue weighted by Gasteiger charge is 2.52. The summed E-state index contributed by atoms with van der Waals surface area (Å²) in [5.41, 5.74) is 12.5. The van der Waals surface area contributed by atoms with Gasteiger partial charge < -0.3 is 10.5 Å². The van der Waals surface area contributed by atoms with Crippen molar-refractivity contribution in [2.45, 2.75) is 69.8 Å². The molecule has 1 aliphatic heterocycles. The van der Waals surface area contributed by atoms with Crippen LogP contribution in [0.1, 0.15) is 79.1 Å². The number of nitrogen functional groups attached to an aromatic ring is 1. The molecule has 176 valence electrons. The Labute approximate surface area is 203 Å². The average Bonchev–Trinajstić information content (AvgIpc) is 3.46. The molecule has 0 saturated heterocycles. The van der Waals surface area contributed by atoms with Gasteiger partial charge in [0.25, 0.3) is 0 Å². The van der Waals surface area contributed by atoms with Gasteiger partial charge >= 0.3 is 4.87 Å². The van der Waals surface area contributed by atoms with Gasteiger partial charge in [0, 0.05) is 34.9 Å². The Morgan fingerprint density at radius 3 is 2.62 bits per heavy atom. The number of fused-ring (bicyclic) bond motifs is 1. The van der Waals surface area contributed by atoms with Crippen LogP contribution >= 0.6 is 11.5 Å². The van der Waals surface area contributed by atoms with E-state index in [-0.39, 0.29) is 10.5 Å². The number of aromatic nitrogens is 3. The quantitative estimate of drug-likeness (QED) is 0.510. The number of pyridine rings is 1. The minimum absolute atomic E-state index is 0.0512. The molecule has 7 heteroatoms. The first-order valence-corrected chi connectivity index (χ1v) is 13.1. The molecule has 0 atom stereocenters. The van der Waals surface area contributed by atoms with Gasteiger partial charge in [-0.15, -0.1) is 0 Å². The summed E-state index contributed by atoms with van der Waals surface area (Å²) in [6.07, 6.45) is 11.2. The number of nitrogens with one attached hydrogen (secondary N) is 1. The summed E-state index contributed by atoms with van der Waals surface area (Å²) < 4.78 is 10.6. The van der Waals surface area contributed by atoms with Crippen LogP contribution in [0.3, 0.4) is 0 Å². The molecule has 2 aliphatic carbocycles. The van der Waals surface area contributed by atoms with Crippen molar-refractivity contribution in [1.82, 2.24) is 14.3 Å². The highest BCUT2D eigenvalue weighted by Crippen LogP contribution is 2.54. The predicted molar refractivity (Wildman–Crippen MR) is 136 cm³/mol. The summed E-state index contributed by atoms with van der Waals surface area (Å²) in [6, 6.07) is 11.1. The van der Waals surface area contributed by atoms with Crippen LogP contribution in [0.4, 0.5) is 5.69 Å². The first kappa shape index (κ1) is 21.6. The molecule has 3 aliphatic rings. The lowest BCUT2D eigenvalue weighted by molar-refractivity contribution is 0.226. The lowest BCUT2D eigenvalue weighted by Crippen LogP contribution is -2.25. The van der Waals surface area contributed by atoms with Crippen molar-refractivity contribution in [2.75, 3.05) is 5.73 Å². The van der Waals surface area contributed by atoms with Crippen LogP contribution in [-0.2, 0) is 6.42 Å². The van der Waals surface area contributed by atoms with Gasteiger partial charge in [-0.05, 0) is 87.0 Å². The van der Waals surface area contributed by atoms with Crippen LogP contribution in [0, 0.1) is 12.8 Å². The fourth-order valence-electron chi connectivity index (χ4n) is 5.68. The molecule has 1 spiro atoms. The monoisotopic (exact) mass is 474 g/mol. The van der Waals surface area contributed by atoms with E-state index in [1.807, 2.05) is 13.0 Å². The molecule has 0 radical (unpaired) electrons. The molecule has 2 aromatic heterocycles. The molecule has 6 rings (SSSR count). The number of aromatic amines is 1. The number of H-pyrrole nitrogens is 1. The molecule has 34 heavy (non-hydrogen) atoms. The van der Waals surface area contributed by atoms with Gasteiger partial charge in [-0.3, -0.25) is 9.78 Å². The molecular formula is C27H30N4O2S. The molecule has 0 bridgehead atoms. The first-order chi connectivity index (χ1) is 16.5. The molecule has 2 saturated carbocycles. The second kappa shape index (κ2) is 8.38. The minimum atomic E-state index is -0.235. The van der Waals surface area contributed by atoms with E-state index in [1.54, 1.807) is 0 Å². The van der Waals surface area contributed by atoms with Crippen LogP contribution in [-0.4, -0.2) is 19.9 Å². The fourth-order valence-corrected chi connectivity index (χ4v) is 6.17. The third-order valence-electron chi connectivity index (χ3n) is 7.77. The van der Waals surface area contributed by atoms with Crippen molar-refractivity contribution in [3.63, 3.8) is 0 Å². The highest BCUT2D eigenvalue weighted by atomic mass is 32.1. The molecule has 3 N–H and O–H groups in total. The second-order valence-electron chi connectivity index (χ2n) is 10.1. The number of nitrogens with two attached hydrogens (primary N) is 1. The average molecular weight is 475 g/mol. The van der Waals surface area contributed by atoms with Gasteiger partial charge in [-0.2, -0.15) is 4.37 Å². The maximum Gasteiger partial charge on any atom is 0.323 e. The van der Waals surface area contributed by atoms with E-state index in [9.17, 15) is 4.79 Å². The zero-order valence-corrected chi connectivity index (χ0v) is 20.3. The van der Waals surface area contributed by atoms with Crippen molar-refractivity contribution in [3.05, 3.63) is 68.2 Å². The highest BCUT2D eigenvalue weighted by molar-refractivity contribution is 7.02. The van der Waals surface area contributed by atoms with Crippen LogP contribution in [0.2, 0.25) is 0 Å². The van der Waals surface area contributed by atoms with Crippen LogP contribution < -0.4 is 15.3 Å². The van der Waals surface area contributed by atoms with E-state index in [2.05, 4.69) is 44.7 Å². The molecule has 0 amide bonds. The summed E-state index contributed by atoms with van der Waals surface area (Å²) in [6.45, 7) is 1.95. The summed E-state index contributed by atoms with van der Waals surface area (Å²) in [4.78, 5) is 18.6. The summed E-state index contributed by atoms with van der Waals surface area (Å²) in [5.74, 6) is 2.87. The van der Waals surface area contributed by atoms with E-state index in [4.69, 9.17) is 10.5 Å². The van der Waals surface area contributed by atoms with Crippen molar-refractivity contribution in [2.24, 2.45) is 5.92 Å². The minimum Gasteiger partial charge on any atom is -0.466 e. The van der Waals surface area contributed by atoms with Gasteiger partial charge in [0.2, 0.25) is 5.88 Å². The van der Waals surface area contributed by atoms with Gasteiger partial charge in [-0.25, -0.2) is 4.98 Å². The number of rotatable bonds is 5. The Balaban J connectivity index is 1.13. The molecular weight excluding hydrogens is 444 g/mol. The van der Waals surface area contributed by atoms with E-state index >= 15 is 0 Å². The number of anilines is 1. The third kappa shape index (κ3) is 4.06. The molecule has 1 aromatic carbocycles. The number of ether oxygens (including phenoxy) is 1. The normalized spacial score (nSPS) is 22.7. The Bertz CT molecular complexity index is 1290. The molecule has 3 heterocycles. The van der Waals surface area contributed by atoms with Crippen LogP contribution in [0.5, 0.6) is 5.88 Å². The van der Waals surface area contributed by atoms with Crippen LogP contribution in [0.25, 0.3) is 11.6 Å². The largest absolute Gasteiger partial charge is 0.466 e. The molecule has 0 unspecified atom stereocenters. The zero-order chi connectivity index (χ0) is 23.3. The molecule has 6 nitrogen and oxygen atoms in total. The molecule has 3 aromatic rings. The first-order valence-electron chi connectivity index (χ1n) is 12.3. The summed E-state index contributed by atoms with van der Waals surface area (Å²) in [5, 5.41) is 0. The van der Waals surface area contributed by atoms with Gasteiger partial charge in [-0.1, -0.05) is 24.3 Å². The van der Waals surface area contributed by atoms with E-state index in [1.165, 1.54) is 42.4 Å². The fraction of sp³-hybridized carbons (Fsp3) is 0.444. The van der Waals surface area contributed by atoms with Crippen molar-refractivity contribution < 1.29 is 4.74 Å². The lowest BCUT2D eigenvalue weighted by atomic mass is 9.77. The van der Waals surface area contributed by atoms with E-state index in [0.29, 0.717) is 11.8 Å². The van der Waals surface area contributed by atoms with Gasteiger partial charge in [0.1, 0.15) is 11.4 Å². The maximum absolute atomic E-state index is 11.3. The number of aryl methyl sites for hydroxylation is 2. The molecule has 2 fully saturated rings. The van der Waals surface area contributed by atoms with Gasteiger partial charge in [0.05, 0.1) is 5.56 Å². The number of benzene rings is 1. The Morgan fingerprint density at radius 1 is 1.18 bits per heavy atom.